The summed E-state index contributed by atoms with van der Waals surface area (Å²) in [5.74, 6) is 0.0428. The van der Waals surface area contributed by atoms with Crippen molar-refractivity contribution in [2.45, 2.75) is 101 Å². The van der Waals surface area contributed by atoms with Crippen LogP contribution in [0.5, 0.6) is 0 Å². The number of hydrogen-bond acceptors (Lipinski definition) is 6. The van der Waals surface area contributed by atoms with Crippen LogP contribution in [0.1, 0.15) is 74.5 Å². The number of hydrogen-bond donors (Lipinski definition) is 4. The highest BCUT2D eigenvalue weighted by molar-refractivity contribution is 6.25. The minimum absolute atomic E-state index is 0.220. The normalized spacial score (nSPS) is 26.4. The standard InChI is InChI=1S/C41H47NO6/c43-30-16-28(17-31(44)23-30)14-26-6-9-35-37-20-25(4-2-1-3-13-42-40(47)11-12-41(42)48)5-8-34(37)38-21-27(7-10-36(38)39(35)22-26)15-29-18-32(45)24-33(46)19-29/h5-12,20-22,28-33,43-46H,1-4,13-19,23-24H2/t28?,29?,30-,31+,32-,33+. The molecular weight excluding hydrogens is 602 g/mol. The van der Waals surface area contributed by atoms with Crippen LogP contribution < -0.4 is 0 Å². The van der Waals surface area contributed by atoms with Gasteiger partial charge in [-0.2, -0.15) is 0 Å². The number of rotatable bonds is 10. The monoisotopic (exact) mass is 649 g/mol. The van der Waals surface area contributed by atoms with E-state index in [1.54, 1.807) is 0 Å². The minimum Gasteiger partial charge on any atom is -0.393 e. The Morgan fingerprint density at radius 2 is 0.917 bits per heavy atom. The van der Waals surface area contributed by atoms with Gasteiger partial charge in [0.25, 0.3) is 11.8 Å². The van der Waals surface area contributed by atoms with E-state index in [0.717, 1.165) is 38.5 Å². The van der Waals surface area contributed by atoms with Gasteiger partial charge in [-0.15, -0.1) is 0 Å². The number of fused-ring (bicyclic) bond motifs is 6. The van der Waals surface area contributed by atoms with Crippen molar-refractivity contribution in [1.82, 2.24) is 4.90 Å². The zero-order chi connectivity index (χ0) is 33.4. The molecule has 2 saturated carbocycles. The lowest BCUT2D eigenvalue weighted by Crippen LogP contribution is -2.30. The Morgan fingerprint density at radius 1 is 0.500 bits per heavy atom. The molecule has 0 bridgehead atoms. The van der Waals surface area contributed by atoms with Crippen LogP contribution in [-0.4, -0.2) is 68.1 Å². The number of amides is 2. The number of unbranched alkanes of at least 4 members (excludes halogenated alkanes) is 2. The highest BCUT2D eigenvalue weighted by atomic mass is 16.3. The first-order chi connectivity index (χ1) is 23.2. The highest BCUT2D eigenvalue weighted by Gasteiger charge is 2.28. The third kappa shape index (κ3) is 7.20. The van der Waals surface area contributed by atoms with Crippen molar-refractivity contribution >= 4 is 44.1 Å². The van der Waals surface area contributed by atoms with Crippen molar-refractivity contribution in [1.29, 1.82) is 0 Å². The van der Waals surface area contributed by atoms with Gasteiger partial charge in [0.2, 0.25) is 0 Å². The van der Waals surface area contributed by atoms with Crippen LogP contribution in [-0.2, 0) is 28.9 Å². The average Bonchev–Trinajstić information content (AvgIpc) is 3.36. The molecule has 2 fully saturated rings. The van der Waals surface area contributed by atoms with Gasteiger partial charge in [0.15, 0.2) is 0 Å². The van der Waals surface area contributed by atoms with Crippen molar-refractivity contribution in [3.63, 3.8) is 0 Å². The summed E-state index contributed by atoms with van der Waals surface area (Å²) in [7, 11) is 0. The van der Waals surface area contributed by atoms with Crippen molar-refractivity contribution in [2.75, 3.05) is 6.54 Å². The number of benzene rings is 4. The third-order valence-corrected chi connectivity index (χ3v) is 10.9. The summed E-state index contributed by atoms with van der Waals surface area (Å²) in [5, 5.41) is 48.4. The fraction of sp³-hybridized carbons (Fsp3) is 0.463. The van der Waals surface area contributed by atoms with Gasteiger partial charge in [0.05, 0.1) is 24.4 Å². The van der Waals surface area contributed by atoms with E-state index in [1.807, 2.05) is 0 Å². The predicted octanol–water partition coefficient (Wildman–Crippen LogP) is 5.91. The molecule has 2 unspecified atom stereocenters. The van der Waals surface area contributed by atoms with E-state index in [2.05, 4.69) is 54.6 Å². The Morgan fingerprint density at radius 3 is 1.38 bits per heavy atom. The Hall–Kier alpha value is -3.62. The maximum atomic E-state index is 11.9. The summed E-state index contributed by atoms with van der Waals surface area (Å²) >= 11 is 0. The van der Waals surface area contributed by atoms with E-state index in [1.165, 1.54) is 66.1 Å². The van der Waals surface area contributed by atoms with Crippen LogP contribution in [0.2, 0.25) is 0 Å². The van der Waals surface area contributed by atoms with E-state index < -0.39 is 24.4 Å². The number of aryl methyl sites for hydroxylation is 1. The molecule has 48 heavy (non-hydrogen) atoms. The summed E-state index contributed by atoms with van der Waals surface area (Å²) in [6, 6.07) is 20.3. The number of carbonyl (C=O) groups excluding carboxylic acids is 2. The molecule has 252 valence electrons. The molecule has 2 amide bonds. The van der Waals surface area contributed by atoms with Gasteiger partial charge in [-0.3, -0.25) is 14.5 Å². The van der Waals surface area contributed by atoms with Crippen LogP contribution in [0.25, 0.3) is 32.3 Å². The third-order valence-electron chi connectivity index (χ3n) is 10.9. The molecule has 2 aliphatic carbocycles. The van der Waals surface area contributed by atoms with E-state index in [4.69, 9.17) is 0 Å². The molecule has 7 rings (SSSR count). The maximum Gasteiger partial charge on any atom is 0.253 e. The largest absolute Gasteiger partial charge is 0.393 e. The molecule has 6 atom stereocenters. The molecular formula is C41H47NO6. The minimum atomic E-state index is -0.450. The van der Waals surface area contributed by atoms with Gasteiger partial charge in [-0.05, 0) is 131 Å². The smallest absolute Gasteiger partial charge is 0.253 e. The first kappa shape index (κ1) is 32.9. The van der Waals surface area contributed by atoms with Crippen molar-refractivity contribution in [3.8, 4) is 0 Å². The molecule has 1 heterocycles. The van der Waals surface area contributed by atoms with Crippen LogP contribution >= 0.6 is 0 Å². The lowest BCUT2D eigenvalue weighted by atomic mass is 9.80. The van der Waals surface area contributed by atoms with Crippen LogP contribution in [0, 0.1) is 11.8 Å². The molecule has 4 N–H and O–H groups in total. The van der Waals surface area contributed by atoms with Crippen molar-refractivity contribution < 1.29 is 30.0 Å². The molecule has 0 radical (unpaired) electrons. The van der Waals surface area contributed by atoms with Crippen molar-refractivity contribution in [2.24, 2.45) is 11.8 Å². The zero-order valence-corrected chi connectivity index (χ0v) is 27.6. The Labute approximate surface area is 281 Å². The second-order valence-electron chi connectivity index (χ2n) is 14.8. The average molecular weight is 650 g/mol. The zero-order valence-electron chi connectivity index (χ0n) is 27.6. The molecule has 0 saturated heterocycles. The first-order valence-corrected chi connectivity index (χ1v) is 17.9. The Kier molecular flexibility index (Phi) is 9.65. The number of aliphatic hydroxyl groups excluding tert-OH is 4. The van der Waals surface area contributed by atoms with Crippen LogP contribution in [0.3, 0.4) is 0 Å². The molecule has 7 nitrogen and oxygen atoms in total. The lowest BCUT2D eigenvalue weighted by molar-refractivity contribution is -0.136. The van der Waals surface area contributed by atoms with Crippen LogP contribution in [0.15, 0.2) is 66.7 Å². The Bertz CT molecular complexity index is 1760. The predicted molar refractivity (Wildman–Crippen MR) is 188 cm³/mol. The topological polar surface area (TPSA) is 118 Å². The second kappa shape index (κ2) is 14.1. The van der Waals surface area contributed by atoms with E-state index in [0.29, 0.717) is 45.1 Å². The summed E-state index contributed by atoms with van der Waals surface area (Å²) in [6.45, 7) is 0.460. The number of imide groups is 1. The summed E-state index contributed by atoms with van der Waals surface area (Å²) in [4.78, 5) is 25.0. The second-order valence-corrected chi connectivity index (χ2v) is 14.8. The van der Waals surface area contributed by atoms with E-state index in [9.17, 15) is 30.0 Å². The summed E-state index contributed by atoms with van der Waals surface area (Å²) in [5.41, 5.74) is 3.68. The van der Waals surface area contributed by atoms with Gasteiger partial charge in [-0.25, -0.2) is 0 Å². The maximum absolute atomic E-state index is 11.9. The molecule has 0 aromatic heterocycles. The molecule has 4 aromatic carbocycles. The quantitative estimate of drug-likeness (QED) is 0.0964. The van der Waals surface area contributed by atoms with E-state index in [-0.39, 0.29) is 23.7 Å². The summed E-state index contributed by atoms with van der Waals surface area (Å²) in [6.07, 6.45) is 9.89. The molecule has 3 aliphatic rings. The van der Waals surface area contributed by atoms with E-state index >= 15 is 0 Å². The number of aliphatic hydroxyl groups is 4. The van der Waals surface area contributed by atoms with Gasteiger partial charge in [0, 0.05) is 18.7 Å². The fourth-order valence-corrected chi connectivity index (χ4v) is 8.73. The number of nitrogens with zero attached hydrogens (tertiary/aromatic N) is 1. The van der Waals surface area contributed by atoms with Gasteiger partial charge in [-0.1, -0.05) is 61.0 Å². The fourth-order valence-electron chi connectivity index (χ4n) is 8.73. The number of carbonyl (C=O) groups is 2. The van der Waals surface area contributed by atoms with Gasteiger partial charge in [0.1, 0.15) is 0 Å². The lowest BCUT2D eigenvalue weighted by Gasteiger charge is -2.30. The molecule has 0 spiro atoms. The van der Waals surface area contributed by atoms with Gasteiger partial charge >= 0.3 is 0 Å². The summed E-state index contributed by atoms with van der Waals surface area (Å²) < 4.78 is 0. The highest BCUT2D eigenvalue weighted by Crippen LogP contribution is 2.39. The SMILES string of the molecule is O=C1C=CC(=O)N1CCCCCc1ccc2c(c1)c1ccc(CC3C[C@@H](O)C[C@@H](O)C3)cc1c1ccc(CC3C[C@@H](O)C[C@@H](O)C3)cc21. The van der Waals surface area contributed by atoms with Gasteiger partial charge < -0.3 is 20.4 Å². The Balaban J connectivity index is 1.18. The van der Waals surface area contributed by atoms with Crippen LogP contribution in [0.4, 0.5) is 0 Å². The molecule has 4 aromatic rings. The van der Waals surface area contributed by atoms with Crippen molar-refractivity contribution in [3.05, 3.63) is 83.4 Å². The molecule has 1 aliphatic heterocycles. The first-order valence-electron chi connectivity index (χ1n) is 17.9. The molecule has 7 heteroatoms.